The van der Waals surface area contributed by atoms with Gasteiger partial charge in [0.05, 0.1) is 5.69 Å². The van der Waals surface area contributed by atoms with Crippen LogP contribution in [0.4, 0.5) is 16.2 Å². The number of aromatic nitrogens is 2. The number of hydrogen-bond donors (Lipinski definition) is 1. The molecule has 27 heavy (non-hydrogen) atoms. The third-order valence-corrected chi connectivity index (χ3v) is 4.89. The van der Waals surface area contributed by atoms with E-state index in [9.17, 15) is 9.59 Å². The van der Waals surface area contributed by atoms with Gasteiger partial charge in [0.15, 0.2) is 12.4 Å². The molecule has 9 nitrogen and oxygen atoms in total. The van der Waals surface area contributed by atoms with Gasteiger partial charge >= 0.3 is 6.03 Å². The van der Waals surface area contributed by atoms with Gasteiger partial charge in [-0.2, -0.15) is 4.98 Å². The lowest BCUT2D eigenvalue weighted by Crippen LogP contribution is -2.41. The Balaban J connectivity index is 1.52. The molecule has 142 valence electrons. The molecule has 1 fully saturated rings. The predicted octanol–water partition coefficient (Wildman–Crippen LogP) is 2.49. The van der Waals surface area contributed by atoms with Gasteiger partial charge in [0.25, 0.3) is 5.91 Å². The topological polar surface area (TPSA) is 101 Å². The molecule has 0 radical (unpaired) electrons. The van der Waals surface area contributed by atoms with Crippen LogP contribution in [0.3, 0.4) is 0 Å². The number of fused-ring (bicyclic) bond motifs is 1. The molecule has 1 aromatic carbocycles. The maximum Gasteiger partial charge on any atom is 0.322 e. The molecule has 1 atom stereocenters. The highest BCUT2D eigenvalue weighted by Crippen LogP contribution is 2.35. The minimum absolute atomic E-state index is 0.00832. The number of piperidine rings is 1. The van der Waals surface area contributed by atoms with Gasteiger partial charge in [0, 0.05) is 25.3 Å². The first-order valence-corrected chi connectivity index (χ1v) is 8.94. The van der Waals surface area contributed by atoms with Crippen molar-refractivity contribution in [3.8, 4) is 5.75 Å². The molecule has 9 heteroatoms. The third-order valence-electron chi connectivity index (χ3n) is 4.89. The van der Waals surface area contributed by atoms with Crippen LogP contribution in [0.2, 0.25) is 0 Å². The van der Waals surface area contributed by atoms with E-state index in [2.05, 4.69) is 15.5 Å². The minimum atomic E-state index is -0.226. The molecular weight excluding hydrogens is 350 g/mol. The summed E-state index contributed by atoms with van der Waals surface area (Å²) in [6, 6.07) is 4.79. The molecule has 3 heterocycles. The lowest BCUT2D eigenvalue weighted by Gasteiger charge is -2.33. The highest BCUT2D eigenvalue weighted by molar-refractivity contribution is 5.98. The number of aryl methyl sites for hydroxylation is 1. The Labute approximate surface area is 156 Å². The largest absolute Gasteiger partial charge is 0.481 e. The fraction of sp³-hybridized carbons (Fsp3) is 0.444. The summed E-state index contributed by atoms with van der Waals surface area (Å²) in [5.74, 6) is 1.49. The standard InChI is InChI=1S/C18H21N5O4/c1-11-19-17(27-21-11)14-5-3-4-8-23(14)18(25)20-12-6-7-13-15(9-12)26-10-16(24)22(13)2/h6-7,9,14H,3-5,8,10H2,1-2H3,(H,20,25). The second kappa shape index (κ2) is 6.90. The van der Waals surface area contributed by atoms with Crippen LogP contribution >= 0.6 is 0 Å². The van der Waals surface area contributed by atoms with Crippen molar-refractivity contribution < 1.29 is 18.8 Å². The number of carbonyl (C=O) groups excluding carboxylic acids is 2. The monoisotopic (exact) mass is 371 g/mol. The first-order chi connectivity index (χ1) is 13.0. The van der Waals surface area contributed by atoms with Crippen LogP contribution in [0.15, 0.2) is 22.7 Å². The number of benzene rings is 1. The number of urea groups is 1. The molecular formula is C18H21N5O4. The number of rotatable bonds is 2. The van der Waals surface area contributed by atoms with E-state index in [-0.39, 0.29) is 24.6 Å². The second-order valence-electron chi connectivity index (χ2n) is 6.74. The molecule has 0 bridgehead atoms. The molecule has 0 spiro atoms. The zero-order chi connectivity index (χ0) is 19.0. The van der Waals surface area contributed by atoms with Crippen LogP contribution in [0.25, 0.3) is 0 Å². The Morgan fingerprint density at radius 1 is 1.33 bits per heavy atom. The summed E-state index contributed by atoms with van der Waals surface area (Å²) < 4.78 is 10.8. The van der Waals surface area contributed by atoms with E-state index in [1.54, 1.807) is 42.0 Å². The van der Waals surface area contributed by atoms with Crippen molar-refractivity contribution >= 4 is 23.3 Å². The van der Waals surface area contributed by atoms with Crippen molar-refractivity contribution in [1.29, 1.82) is 0 Å². The van der Waals surface area contributed by atoms with Crippen molar-refractivity contribution in [1.82, 2.24) is 15.0 Å². The van der Waals surface area contributed by atoms with Gasteiger partial charge in [0.2, 0.25) is 5.89 Å². The van der Waals surface area contributed by atoms with Crippen LogP contribution < -0.4 is 15.0 Å². The number of ether oxygens (including phenoxy) is 1. The van der Waals surface area contributed by atoms with Crippen molar-refractivity contribution in [3.63, 3.8) is 0 Å². The van der Waals surface area contributed by atoms with Crippen molar-refractivity contribution in [2.45, 2.75) is 32.2 Å². The predicted molar refractivity (Wildman–Crippen MR) is 96.7 cm³/mol. The van der Waals surface area contributed by atoms with Gasteiger partial charge in [-0.05, 0) is 38.3 Å². The zero-order valence-corrected chi connectivity index (χ0v) is 15.3. The van der Waals surface area contributed by atoms with E-state index in [1.165, 1.54) is 0 Å². The third kappa shape index (κ3) is 3.32. The van der Waals surface area contributed by atoms with Crippen molar-refractivity contribution in [2.24, 2.45) is 0 Å². The second-order valence-corrected chi connectivity index (χ2v) is 6.74. The zero-order valence-electron chi connectivity index (χ0n) is 15.3. The van der Waals surface area contributed by atoms with Gasteiger partial charge in [0.1, 0.15) is 11.8 Å². The molecule has 2 aliphatic heterocycles. The maximum absolute atomic E-state index is 12.9. The first-order valence-electron chi connectivity index (χ1n) is 8.94. The van der Waals surface area contributed by atoms with Gasteiger partial charge in [-0.25, -0.2) is 4.79 Å². The summed E-state index contributed by atoms with van der Waals surface area (Å²) in [7, 11) is 1.70. The number of likely N-dealkylation sites (tertiary alicyclic amines) is 1. The number of likely N-dealkylation sites (N-methyl/N-ethyl adjacent to an activating group) is 1. The quantitative estimate of drug-likeness (QED) is 0.870. The molecule has 2 aromatic rings. The minimum Gasteiger partial charge on any atom is -0.481 e. The fourth-order valence-electron chi connectivity index (χ4n) is 3.43. The average Bonchev–Trinajstić information content (AvgIpc) is 3.11. The Bertz CT molecular complexity index is 880. The van der Waals surface area contributed by atoms with Gasteiger partial charge in [-0.15, -0.1) is 0 Å². The van der Waals surface area contributed by atoms with Gasteiger partial charge < -0.3 is 24.4 Å². The smallest absolute Gasteiger partial charge is 0.322 e. The van der Waals surface area contributed by atoms with Crippen LogP contribution in [-0.4, -0.2) is 47.2 Å². The number of amides is 3. The Kier molecular flexibility index (Phi) is 4.43. The fourth-order valence-corrected chi connectivity index (χ4v) is 3.43. The molecule has 3 amide bonds. The molecule has 0 aliphatic carbocycles. The van der Waals surface area contributed by atoms with Gasteiger partial charge in [-0.1, -0.05) is 5.16 Å². The lowest BCUT2D eigenvalue weighted by atomic mass is 10.0. The maximum atomic E-state index is 12.9. The van der Waals surface area contributed by atoms with E-state index < -0.39 is 0 Å². The molecule has 1 unspecified atom stereocenters. The van der Waals surface area contributed by atoms with E-state index in [1.807, 2.05) is 0 Å². The van der Waals surface area contributed by atoms with Crippen LogP contribution in [0.1, 0.15) is 37.0 Å². The summed E-state index contributed by atoms with van der Waals surface area (Å²) in [4.78, 5) is 32.1. The lowest BCUT2D eigenvalue weighted by molar-refractivity contribution is -0.120. The molecule has 2 aliphatic rings. The molecule has 1 saturated heterocycles. The average molecular weight is 371 g/mol. The van der Waals surface area contributed by atoms with Crippen LogP contribution in [-0.2, 0) is 4.79 Å². The molecule has 0 saturated carbocycles. The normalized spacial score (nSPS) is 19.5. The SMILES string of the molecule is Cc1noc(C2CCCCN2C(=O)Nc2ccc3c(c2)OCC(=O)N3C)n1. The van der Waals surface area contributed by atoms with Crippen molar-refractivity contribution in [3.05, 3.63) is 29.9 Å². The highest BCUT2D eigenvalue weighted by Gasteiger charge is 2.32. The number of carbonyl (C=O) groups is 2. The summed E-state index contributed by atoms with van der Waals surface area (Å²) in [5.41, 5.74) is 1.29. The van der Waals surface area contributed by atoms with Crippen LogP contribution in [0.5, 0.6) is 5.75 Å². The summed E-state index contributed by atoms with van der Waals surface area (Å²) in [6.45, 7) is 2.37. The first kappa shape index (κ1) is 17.3. The van der Waals surface area contributed by atoms with E-state index in [0.717, 1.165) is 19.3 Å². The molecule has 1 aromatic heterocycles. The highest BCUT2D eigenvalue weighted by atomic mass is 16.5. The summed E-state index contributed by atoms with van der Waals surface area (Å²) in [6.07, 6.45) is 2.72. The van der Waals surface area contributed by atoms with Crippen molar-refractivity contribution in [2.75, 3.05) is 30.4 Å². The number of nitrogens with one attached hydrogen (secondary N) is 1. The number of nitrogens with zero attached hydrogens (tertiary/aromatic N) is 4. The van der Waals surface area contributed by atoms with E-state index >= 15 is 0 Å². The van der Waals surface area contributed by atoms with Crippen LogP contribution in [0, 0.1) is 6.92 Å². The summed E-state index contributed by atoms with van der Waals surface area (Å²) in [5, 5.41) is 6.75. The van der Waals surface area contributed by atoms with E-state index in [4.69, 9.17) is 9.26 Å². The van der Waals surface area contributed by atoms with Gasteiger partial charge in [-0.3, -0.25) is 4.79 Å². The Morgan fingerprint density at radius 3 is 2.96 bits per heavy atom. The number of anilines is 2. The van der Waals surface area contributed by atoms with E-state index in [0.29, 0.717) is 35.4 Å². The molecule has 4 rings (SSSR count). The summed E-state index contributed by atoms with van der Waals surface area (Å²) >= 11 is 0. The molecule has 1 N–H and O–H groups in total. The Morgan fingerprint density at radius 2 is 2.19 bits per heavy atom. The Hall–Kier alpha value is -3.10. The number of hydrogen-bond acceptors (Lipinski definition) is 6.